The van der Waals surface area contributed by atoms with Crippen LogP contribution in [0.2, 0.25) is 0 Å². The van der Waals surface area contributed by atoms with E-state index in [-0.39, 0.29) is 19.0 Å². The highest BCUT2D eigenvalue weighted by Gasteiger charge is 1.97. The molecule has 0 saturated heterocycles. The smallest absolute Gasteiger partial charge is 0.123 e. The predicted molar refractivity (Wildman–Crippen MR) is 45.4 cm³/mol. The maximum atomic E-state index is 9.26. The quantitative estimate of drug-likeness (QED) is 0.709. The molecule has 0 aliphatic carbocycles. The molecule has 0 aliphatic heterocycles. The van der Waals surface area contributed by atoms with Crippen molar-refractivity contribution in [3.63, 3.8) is 0 Å². The van der Waals surface area contributed by atoms with Gasteiger partial charge in [-0.25, -0.2) is 0 Å². The third-order valence-corrected chi connectivity index (χ3v) is 1.54. The highest BCUT2D eigenvalue weighted by atomic mass is 16.5. The summed E-state index contributed by atoms with van der Waals surface area (Å²) in [6.45, 7) is 2.04. The van der Waals surface area contributed by atoms with Crippen LogP contribution in [0.4, 0.5) is 0 Å². The van der Waals surface area contributed by atoms with Gasteiger partial charge in [0.05, 0.1) is 6.61 Å². The van der Waals surface area contributed by atoms with E-state index in [0.29, 0.717) is 5.75 Å². The van der Waals surface area contributed by atoms with Gasteiger partial charge in [0.25, 0.3) is 0 Å². The maximum absolute atomic E-state index is 9.26. The predicted octanol–water partition coefficient (Wildman–Crippen LogP) is 1.07. The van der Waals surface area contributed by atoms with E-state index in [1.807, 2.05) is 6.92 Å². The van der Waals surface area contributed by atoms with Gasteiger partial charge in [-0.15, -0.1) is 0 Å². The molecule has 1 aromatic rings. The van der Waals surface area contributed by atoms with Gasteiger partial charge in [-0.3, -0.25) is 0 Å². The van der Waals surface area contributed by atoms with Crippen LogP contribution in [-0.4, -0.2) is 23.4 Å². The zero-order chi connectivity index (χ0) is 8.97. The molecule has 2 N–H and O–H groups in total. The standard InChI is InChI=1S/C9H12O3/c1-7-2-3-8(6-9(7)11)12-5-4-10/h2-3,6,10-11H,4-5H2,1H3. The Labute approximate surface area is 71.2 Å². The molecule has 3 heteroatoms. The number of aliphatic hydroxyl groups excluding tert-OH is 1. The second-order valence-electron chi connectivity index (χ2n) is 2.52. The fourth-order valence-electron chi connectivity index (χ4n) is 0.842. The number of aromatic hydroxyl groups is 1. The molecule has 0 fully saturated rings. The third kappa shape index (κ3) is 2.13. The molecule has 3 nitrogen and oxygen atoms in total. The van der Waals surface area contributed by atoms with Crippen molar-refractivity contribution in [1.82, 2.24) is 0 Å². The first kappa shape index (κ1) is 8.87. The number of rotatable bonds is 3. The third-order valence-electron chi connectivity index (χ3n) is 1.54. The first-order valence-corrected chi connectivity index (χ1v) is 3.77. The Hall–Kier alpha value is -1.22. The molecule has 1 rings (SSSR count). The summed E-state index contributed by atoms with van der Waals surface area (Å²) in [7, 11) is 0. The molecular formula is C9H12O3. The molecule has 0 amide bonds. The number of hydrogen-bond acceptors (Lipinski definition) is 3. The Morgan fingerprint density at radius 3 is 2.75 bits per heavy atom. The molecule has 0 radical (unpaired) electrons. The molecule has 66 valence electrons. The van der Waals surface area contributed by atoms with Gasteiger partial charge in [-0.2, -0.15) is 0 Å². The summed E-state index contributed by atoms with van der Waals surface area (Å²) in [5.74, 6) is 0.789. The number of aryl methyl sites for hydroxylation is 1. The van der Waals surface area contributed by atoms with Crippen molar-refractivity contribution in [3.05, 3.63) is 23.8 Å². The van der Waals surface area contributed by atoms with Gasteiger partial charge in [0.1, 0.15) is 18.1 Å². The summed E-state index contributed by atoms with van der Waals surface area (Å²) in [6, 6.07) is 5.05. The average molecular weight is 168 g/mol. The van der Waals surface area contributed by atoms with E-state index in [9.17, 15) is 5.11 Å². The normalized spacial score (nSPS) is 9.83. The van der Waals surface area contributed by atoms with Crippen molar-refractivity contribution in [2.24, 2.45) is 0 Å². The maximum Gasteiger partial charge on any atom is 0.123 e. The zero-order valence-electron chi connectivity index (χ0n) is 6.95. The van der Waals surface area contributed by atoms with Crippen molar-refractivity contribution in [1.29, 1.82) is 0 Å². The molecular weight excluding hydrogens is 156 g/mol. The molecule has 0 atom stereocenters. The molecule has 0 heterocycles. The van der Waals surface area contributed by atoms with Crippen molar-refractivity contribution in [3.8, 4) is 11.5 Å². The second-order valence-corrected chi connectivity index (χ2v) is 2.52. The monoisotopic (exact) mass is 168 g/mol. The van der Waals surface area contributed by atoms with E-state index in [1.54, 1.807) is 12.1 Å². The van der Waals surface area contributed by atoms with Crippen molar-refractivity contribution < 1.29 is 14.9 Å². The average Bonchev–Trinajstić information content (AvgIpc) is 2.07. The fraction of sp³-hybridized carbons (Fsp3) is 0.333. The number of aliphatic hydroxyl groups is 1. The van der Waals surface area contributed by atoms with E-state index in [2.05, 4.69) is 0 Å². The topological polar surface area (TPSA) is 49.7 Å². The van der Waals surface area contributed by atoms with E-state index in [4.69, 9.17) is 9.84 Å². The van der Waals surface area contributed by atoms with Crippen molar-refractivity contribution in [2.75, 3.05) is 13.2 Å². The minimum Gasteiger partial charge on any atom is -0.508 e. The van der Waals surface area contributed by atoms with Crippen LogP contribution in [0.25, 0.3) is 0 Å². The summed E-state index contributed by atoms with van der Waals surface area (Å²) in [6.07, 6.45) is 0. The lowest BCUT2D eigenvalue weighted by atomic mass is 10.2. The Kier molecular flexibility index (Phi) is 2.94. The first-order chi connectivity index (χ1) is 5.74. The summed E-state index contributed by atoms with van der Waals surface area (Å²) >= 11 is 0. The van der Waals surface area contributed by atoms with Crippen molar-refractivity contribution >= 4 is 0 Å². The second kappa shape index (κ2) is 3.97. The van der Waals surface area contributed by atoms with Crippen molar-refractivity contribution in [2.45, 2.75) is 6.92 Å². The molecule has 0 saturated carbocycles. The van der Waals surface area contributed by atoms with Crippen LogP contribution >= 0.6 is 0 Å². The van der Waals surface area contributed by atoms with Gasteiger partial charge >= 0.3 is 0 Å². The lowest BCUT2D eigenvalue weighted by Crippen LogP contribution is -2.01. The molecule has 0 aromatic heterocycles. The molecule has 0 spiro atoms. The number of ether oxygens (including phenoxy) is 1. The van der Waals surface area contributed by atoms with E-state index < -0.39 is 0 Å². The van der Waals surface area contributed by atoms with Crippen LogP contribution in [0.1, 0.15) is 5.56 Å². The Bertz CT molecular complexity index is 258. The number of phenolic OH excluding ortho intramolecular Hbond substituents is 1. The lowest BCUT2D eigenvalue weighted by Gasteiger charge is -2.05. The summed E-state index contributed by atoms with van der Waals surface area (Å²) in [5.41, 5.74) is 0.811. The fourth-order valence-corrected chi connectivity index (χ4v) is 0.842. The Morgan fingerprint density at radius 1 is 1.42 bits per heavy atom. The van der Waals surface area contributed by atoms with E-state index in [1.165, 1.54) is 6.07 Å². The Morgan fingerprint density at radius 2 is 2.17 bits per heavy atom. The van der Waals surface area contributed by atoms with Gasteiger partial charge in [0.2, 0.25) is 0 Å². The number of hydrogen-bond donors (Lipinski definition) is 2. The zero-order valence-corrected chi connectivity index (χ0v) is 6.95. The Balaban J connectivity index is 2.69. The van der Waals surface area contributed by atoms with Crippen LogP contribution in [0, 0.1) is 6.92 Å². The summed E-state index contributed by atoms with van der Waals surface area (Å²) < 4.78 is 5.08. The van der Waals surface area contributed by atoms with Crippen LogP contribution in [0.5, 0.6) is 11.5 Å². The van der Waals surface area contributed by atoms with Crippen LogP contribution in [0.3, 0.4) is 0 Å². The SMILES string of the molecule is Cc1ccc(OCCO)cc1O. The minimum absolute atomic E-state index is 0.0192. The lowest BCUT2D eigenvalue weighted by molar-refractivity contribution is 0.201. The highest BCUT2D eigenvalue weighted by molar-refractivity contribution is 5.38. The van der Waals surface area contributed by atoms with Gasteiger partial charge < -0.3 is 14.9 Å². The largest absolute Gasteiger partial charge is 0.508 e. The van der Waals surface area contributed by atoms with Gasteiger partial charge in [0, 0.05) is 6.07 Å². The first-order valence-electron chi connectivity index (χ1n) is 3.77. The minimum atomic E-state index is -0.0192. The van der Waals surface area contributed by atoms with Crippen LogP contribution < -0.4 is 4.74 Å². The van der Waals surface area contributed by atoms with Gasteiger partial charge in [-0.1, -0.05) is 6.07 Å². The summed E-state index contributed by atoms with van der Waals surface area (Å²) in [5, 5.41) is 17.7. The number of phenols is 1. The van der Waals surface area contributed by atoms with Gasteiger partial charge in [0.15, 0.2) is 0 Å². The number of benzene rings is 1. The molecule has 0 bridgehead atoms. The molecule has 0 aliphatic rings. The molecule has 0 unspecified atom stereocenters. The van der Waals surface area contributed by atoms with Gasteiger partial charge in [-0.05, 0) is 18.6 Å². The molecule has 1 aromatic carbocycles. The van der Waals surface area contributed by atoms with E-state index >= 15 is 0 Å². The highest BCUT2D eigenvalue weighted by Crippen LogP contribution is 2.22. The van der Waals surface area contributed by atoms with Crippen LogP contribution in [0.15, 0.2) is 18.2 Å². The van der Waals surface area contributed by atoms with Crippen LogP contribution in [-0.2, 0) is 0 Å². The summed E-state index contributed by atoms with van der Waals surface area (Å²) in [4.78, 5) is 0. The van der Waals surface area contributed by atoms with E-state index in [0.717, 1.165) is 5.56 Å². The molecule has 12 heavy (non-hydrogen) atoms.